The lowest BCUT2D eigenvalue weighted by atomic mass is 10.1. The zero-order chi connectivity index (χ0) is 15.8. The third kappa shape index (κ3) is 2.97. The molecule has 3 aliphatic rings. The molecule has 2 saturated heterocycles. The van der Waals surface area contributed by atoms with Gasteiger partial charge in [-0.15, -0.1) is 5.10 Å². The topological polar surface area (TPSA) is 61.8 Å². The van der Waals surface area contributed by atoms with Crippen LogP contribution in [0.4, 0.5) is 10.6 Å². The van der Waals surface area contributed by atoms with Crippen molar-refractivity contribution in [3.63, 3.8) is 0 Å². The molecular weight excluding hydrogens is 294 g/mol. The lowest BCUT2D eigenvalue weighted by Gasteiger charge is -2.29. The van der Waals surface area contributed by atoms with E-state index in [0.717, 1.165) is 50.7 Å². The zero-order valence-corrected chi connectivity index (χ0v) is 13.6. The van der Waals surface area contributed by atoms with Crippen molar-refractivity contribution in [1.82, 2.24) is 20.0 Å². The van der Waals surface area contributed by atoms with Crippen molar-refractivity contribution in [2.75, 3.05) is 44.7 Å². The molecule has 0 aliphatic carbocycles. The van der Waals surface area contributed by atoms with E-state index in [1.165, 1.54) is 18.4 Å². The molecule has 0 radical (unpaired) electrons. The maximum absolute atomic E-state index is 11.5. The van der Waals surface area contributed by atoms with Crippen molar-refractivity contribution < 1.29 is 9.53 Å². The summed E-state index contributed by atoms with van der Waals surface area (Å²) in [6, 6.07) is 2.20. The van der Waals surface area contributed by atoms with Crippen LogP contribution in [-0.4, -0.2) is 72.0 Å². The second-order valence-electron chi connectivity index (χ2n) is 6.74. The number of cyclic esters (lactones) is 1. The van der Waals surface area contributed by atoms with E-state index in [-0.39, 0.29) is 12.2 Å². The average molecular weight is 317 g/mol. The first-order valence-corrected chi connectivity index (χ1v) is 8.43. The number of likely N-dealkylation sites (N-methyl/N-ethyl adjacent to an activating group) is 1. The van der Waals surface area contributed by atoms with Gasteiger partial charge in [0.25, 0.3) is 0 Å². The van der Waals surface area contributed by atoms with Gasteiger partial charge in [0.05, 0.1) is 12.2 Å². The number of anilines is 1. The Bertz CT molecular complexity index is 602. The Labute approximate surface area is 136 Å². The zero-order valence-electron chi connectivity index (χ0n) is 13.6. The van der Waals surface area contributed by atoms with Crippen LogP contribution < -0.4 is 4.90 Å². The van der Waals surface area contributed by atoms with Crippen LogP contribution in [0, 0.1) is 0 Å². The number of hydrogen-bond acceptors (Lipinski definition) is 6. The molecule has 7 heteroatoms. The van der Waals surface area contributed by atoms with Crippen molar-refractivity contribution >= 4 is 11.9 Å². The molecule has 0 bridgehead atoms. The molecule has 0 N–H and O–H groups in total. The Morgan fingerprint density at radius 2 is 2.09 bits per heavy atom. The first kappa shape index (κ1) is 14.7. The van der Waals surface area contributed by atoms with Gasteiger partial charge >= 0.3 is 6.09 Å². The fourth-order valence-electron chi connectivity index (χ4n) is 3.66. The monoisotopic (exact) mass is 317 g/mol. The number of carbonyl (C=O) groups is 1. The van der Waals surface area contributed by atoms with E-state index in [1.807, 2.05) is 0 Å². The fourth-order valence-corrected chi connectivity index (χ4v) is 3.66. The fraction of sp³-hybridized carbons (Fsp3) is 0.688. The number of fused-ring (bicyclic) bond motifs is 1. The van der Waals surface area contributed by atoms with Gasteiger partial charge in [-0.05, 0) is 24.5 Å². The van der Waals surface area contributed by atoms with Crippen molar-refractivity contribution in [1.29, 1.82) is 0 Å². The van der Waals surface area contributed by atoms with E-state index >= 15 is 0 Å². The Kier molecular flexibility index (Phi) is 3.80. The SMILES string of the molecule is CN1CC(CN2CCc3nnc(N4CCCC4)cc3C2)OC1=O. The molecule has 23 heavy (non-hydrogen) atoms. The van der Waals surface area contributed by atoms with Gasteiger partial charge in [-0.1, -0.05) is 0 Å². The Balaban J connectivity index is 1.43. The van der Waals surface area contributed by atoms with Crippen LogP contribution in [0.2, 0.25) is 0 Å². The number of rotatable bonds is 3. The highest BCUT2D eigenvalue weighted by molar-refractivity contribution is 5.69. The highest BCUT2D eigenvalue weighted by Gasteiger charge is 2.31. The summed E-state index contributed by atoms with van der Waals surface area (Å²) in [4.78, 5) is 17.8. The van der Waals surface area contributed by atoms with Crippen LogP contribution in [-0.2, 0) is 17.7 Å². The lowest BCUT2D eigenvalue weighted by Crippen LogP contribution is -2.38. The molecule has 4 rings (SSSR count). The molecular formula is C16H23N5O2. The van der Waals surface area contributed by atoms with Crippen molar-refractivity contribution in [3.8, 4) is 0 Å². The largest absolute Gasteiger partial charge is 0.443 e. The quantitative estimate of drug-likeness (QED) is 0.825. The number of carbonyl (C=O) groups excluding carboxylic acids is 1. The summed E-state index contributed by atoms with van der Waals surface area (Å²) >= 11 is 0. The van der Waals surface area contributed by atoms with E-state index in [9.17, 15) is 4.79 Å². The number of amides is 1. The van der Waals surface area contributed by atoms with Crippen LogP contribution in [0.25, 0.3) is 0 Å². The lowest BCUT2D eigenvalue weighted by molar-refractivity contribution is 0.102. The van der Waals surface area contributed by atoms with E-state index in [1.54, 1.807) is 11.9 Å². The predicted molar refractivity (Wildman–Crippen MR) is 85.4 cm³/mol. The minimum Gasteiger partial charge on any atom is -0.443 e. The van der Waals surface area contributed by atoms with Crippen LogP contribution >= 0.6 is 0 Å². The summed E-state index contributed by atoms with van der Waals surface area (Å²) in [6.45, 7) is 5.45. The molecule has 1 aromatic heterocycles. The minimum atomic E-state index is -0.213. The van der Waals surface area contributed by atoms with Crippen LogP contribution in [0.1, 0.15) is 24.1 Å². The van der Waals surface area contributed by atoms with Crippen molar-refractivity contribution in [2.45, 2.75) is 31.9 Å². The molecule has 124 valence electrons. The molecule has 1 amide bonds. The van der Waals surface area contributed by atoms with E-state index < -0.39 is 0 Å². The standard InChI is InChI=1S/C16H23N5O2/c1-19-10-13(23-16(19)22)11-20-7-4-14-12(9-20)8-15(18-17-14)21-5-2-3-6-21/h8,13H,2-7,9-11H2,1H3. The second kappa shape index (κ2) is 5.96. The minimum absolute atomic E-state index is 0.0260. The Hall–Kier alpha value is -1.89. The number of hydrogen-bond donors (Lipinski definition) is 0. The van der Waals surface area contributed by atoms with Gasteiger partial charge in [-0.2, -0.15) is 5.10 Å². The maximum Gasteiger partial charge on any atom is 0.410 e. The van der Waals surface area contributed by atoms with E-state index in [0.29, 0.717) is 6.54 Å². The summed E-state index contributed by atoms with van der Waals surface area (Å²) < 4.78 is 5.38. The molecule has 4 heterocycles. The molecule has 3 aliphatic heterocycles. The first-order valence-electron chi connectivity index (χ1n) is 8.43. The molecule has 1 atom stereocenters. The summed E-state index contributed by atoms with van der Waals surface area (Å²) in [5.41, 5.74) is 2.38. The third-order valence-electron chi connectivity index (χ3n) is 4.95. The number of aromatic nitrogens is 2. The molecule has 0 saturated carbocycles. The molecule has 0 aromatic carbocycles. The second-order valence-corrected chi connectivity index (χ2v) is 6.74. The Morgan fingerprint density at radius 1 is 1.26 bits per heavy atom. The predicted octanol–water partition coefficient (Wildman–Crippen LogP) is 0.885. The van der Waals surface area contributed by atoms with Crippen molar-refractivity contribution in [2.24, 2.45) is 0 Å². The van der Waals surface area contributed by atoms with E-state index in [4.69, 9.17) is 4.74 Å². The maximum atomic E-state index is 11.5. The van der Waals surface area contributed by atoms with Gasteiger partial charge in [0.1, 0.15) is 6.10 Å². The highest BCUT2D eigenvalue weighted by Crippen LogP contribution is 2.24. The summed E-state index contributed by atoms with van der Waals surface area (Å²) in [5, 5.41) is 8.85. The van der Waals surface area contributed by atoms with Crippen LogP contribution in [0.15, 0.2) is 6.07 Å². The normalized spacial score (nSPS) is 24.9. The number of nitrogens with zero attached hydrogens (tertiary/aromatic N) is 5. The molecule has 1 unspecified atom stereocenters. The number of ether oxygens (including phenoxy) is 1. The average Bonchev–Trinajstić information content (AvgIpc) is 3.17. The van der Waals surface area contributed by atoms with Gasteiger partial charge < -0.3 is 14.5 Å². The summed E-state index contributed by atoms with van der Waals surface area (Å²) in [5.74, 6) is 1.01. The van der Waals surface area contributed by atoms with Crippen LogP contribution in [0.3, 0.4) is 0 Å². The summed E-state index contributed by atoms with van der Waals surface area (Å²) in [7, 11) is 1.78. The molecule has 7 nitrogen and oxygen atoms in total. The van der Waals surface area contributed by atoms with Crippen molar-refractivity contribution in [3.05, 3.63) is 17.3 Å². The van der Waals surface area contributed by atoms with E-state index in [2.05, 4.69) is 26.1 Å². The third-order valence-corrected chi connectivity index (χ3v) is 4.95. The summed E-state index contributed by atoms with van der Waals surface area (Å²) in [6.07, 6.45) is 3.16. The molecule has 2 fully saturated rings. The van der Waals surface area contributed by atoms with Crippen LogP contribution in [0.5, 0.6) is 0 Å². The van der Waals surface area contributed by atoms with Gasteiger partial charge in [0.2, 0.25) is 0 Å². The first-order chi connectivity index (χ1) is 11.2. The van der Waals surface area contributed by atoms with Gasteiger partial charge in [-0.25, -0.2) is 4.79 Å². The smallest absolute Gasteiger partial charge is 0.410 e. The molecule has 0 spiro atoms. The highest BCUT2D eigenvalue weighted by atomic mass is 16.6. The van der Waals surface area contributed by atoms with Gasteiger partial charge in [-0.3, -0.25) is 4.90 Å². The Morgan fingerprint density at radius 3 is 2.83 bits per heavy atom. The van der Waals surface area contributed by atoms with Gasteiger partial charge in [0, 0.05) is 46.2 Å². The van der Waals surface area contributed by atoms with Gasteiger partial charge in [0.15, 0.2) is 5.82 Å². The molecule has 1 aromatic rings.